The van der Waals surface area contributed by atoms with Crippen molar-refractivity contribution in [1.29, 1.82) is 0 Å². The summed E-state index contributed by atoms with van der Waals surface area (Å²) in [6.45, 7) is 3.51. The van der Waals surface area contributed by atoms with E-state index in [1.54, 1.807) is 23.7 Å². The summed E-state index contributed by atoms with van der Waals surface area (Å²) < 4.78 is 6.16. The average molecular weight is 344 g/mol. The Bertz CT molecular complexity index is 706. The Labute approximate surface area is 144 Å². The Hall–Kier alpha value is -1.86. The Morgan fingerprint density at radius 3 is 2.92 bits per heavy atom. The molecule has 0 aromatic carbocycles. The van der Waals surface area contributed by atoms with E-state index < -0.39 is 0 Å². The van der Waals surface area contributed by atoms with Crippen LogP contribution < -0.4 is 0 Å². The van der Waals surface area contributed by atoms with E-state index in [2.05, 4.69) is 20.3 Å². The molecular weight excluding hydrogens is 324 g/mol. The van der Waals surface area contributed by atoms with Gasteiger partial charge in [0.1, 0.15) is 17.4 Å². The second-order valence-corrected chi connectivity index (χ2v) is 7.42. The van der Waals surface area contributed by atoms with Crippen molar-refractivity contribution in [2.24, 2.45) is 5.92 Å². The lowest BCUT2D eigenvalue weighted by atomic mass is 10.0. The van der Waals surface area contributed by atoms with Gasteiger partial charge in [-0.1, -0.05) is 0 Å². The van der Waals surface area contributed by atoms with Gasteiger partial charge in [-0.3, -0.25) is 4.79 Å². The number of hydrogen-bond donors (Lipinski definition) is 0. The van der Waals surface area contributed by atoms with Crippen molar-refractivity contribution in [1.82, 2.24) is 19.9 Å². The zero-order chi connectivity index (χ0) is 16.5. The number of hydrogen-bond acceptors (Lipinski definition) is 6. The molecule has 4 heterocycles. The minimum Gasteiger partial charge on any atom is -0.366 e. The standard InChI is InChI=1S/C17H20N4O2S/c1-11-9-24-17(20-11)14-4-13-7-21(8-15(13)23-14)16(22)3-2-12-5-18-10-19-6-12/h5-6,9-10,13-15H,2-4,7-8H2,1H3/t13-,14+,15+/m0/s1. The molecule has 2 fully saturated rings. The van der Waals surface area contributed by atoms with E-state index in [1.807, 2.05) is 11.8 Å². The summed E-state index contributed by atoms with van der Waals surface area (Å²) in [7, 11) is 0. The molecule has 2 saturated heterocycles. The summed E-state index contributed by atoms with van der Waals surface area (Å²) in [5.74, 6) is 0.627. The van der Waals surface area contributed by atoms with E-state index in [9.17, 15) is 4.79 Å². The predicted molar refractivity (Wildman–Crippen MR) is 89.5 cm³/mol. The van der Waals surface area contributed by atoms with Crippen molar-refractivity contribution in [2.45, 2.75) is 38.4 Å². The third-order valence-corrected chi connectivity index (χ3v) is 5.80. The number of carbonyl (C=O) groups is 1. The van der Waals surface area contributed by atoms with Gasteiger partial charge >= 0.3 is 0 Å². The van der Waals surface area contributed by atoms with E-state index in [4.69, 9.17) is 4.74 Å². The Balaban J connectivity index is 1.30. The van der Waals surface area contributed by atoms with E-state index in [0.717, 1.165) is 29.2 Å². The quantitative estimate of drug-likeness (QED) is 0.850. The number of carbonyl (C=O) groups excluding carboxylic acids is 1. The second kappa shape index (κ2) is 6.57. The molecule has 4 rings (SSSR count). The van der Waals surface area contributed by atoms with Crippen molar-refractivity contribution in [3.05, 3.63) is 40.4 Å². The average Bonchev–Trinajstić information content (AvgIpc) is 3.27. The van der Waals surface area contributed by atoms with Crippen LogP contribution >= 0.6 is 11.3 Å². The molecule has 6 nitrogen and oxygen atoms in total. The number of nitrogens with zero attached hydrogens (tertiary/aromatic N) is 4. The lowest BCUT2D eigenvalue weighted by molar-refractivity contribution is -0.131. The van der Waals surface area contributed by atoms with Gasteiger partial charge in [-0.2, -0.15) is 0 Å². The highest BCUT2D eigenvalue weighted by Crippen LogP contribution is 2.41. The minimum absolute atomic E-state index is 0.109. The van der Waals surface area contributed by atoms with Crippen molar-refractivity contribution >= 4 is 17.2 Å². The van der Waals surface area contributed by atoms with Crippen LogP contribution in [0.5, 0.6) is 0 Å². The normalized spacial score (nSPS) is 25.9. The zero-order valence-electron chi connectivity index (χ0n) is 13.6. The van der Waals surface area contributed by atoms with Crippen LogP contribution in [0.15, 0.2) is 24.1 Å². The first-order chi connectivity index (χ1) is 11.7. The van der Waals surface area contributed by atoms with E-state index in [-0.39, 0.29) is 18.1 Å². The molecular formula is C17H20N4O2S. The number of fused-ring (bicyclic) bond motifs is 1. The summed E-state index contributed by atoms with van der Waals surface area (Å²) in [5, 5.41) is 3.14. The van der Waals surface area contributed by atoms with Gasteiger partial charge < -0.3 is 9.64 Å². The summed E-state index contributed by atoms with van der Waals surface area (Å²) in [4.78, 5) is 26.9. The number of aromatic nitrogens is 3. The fourth-order valence-corrected chi connectivity index (χ4v) is 4.36. The van der Waals surface area contributed by atoms with Crippen molar-refractivity contribution in [2.75, 3.05) is 13.1 Å². The molecule has 0 radical (unpaired) electrons. The highest BCUT2D eigenvalue weighted by Gasteiger charge is 2.44. The maximum atomic E-state index is 12.4. The fraction of sp³-hybridized carbons (Fsp3) is 0.529. The second-order valence-electron chi connectivity index (χ2n) is 6.53. The number of thiazole rings is 1. The van der Waals surface area contributed by atoms with Gasteiger partial charge in [0.2, 0.25) is 5.91 Å². The summed E-state index contributed by atoms with van der Waals surface area (Å²) in [5.41, 5.74) is 2.05. The summed E-state index contributed by atoms with van der Waals surface area (Å²) in [6, 6.07) is 0. The molecule has 2 aliphatic heterocycles. The smallest absolute Gasteiger partial charge is 0.223 e. The third kappa shape index (κ3) is 3.18. The molecule has 0 unspecified atom stereocenters. The van der Waals surface area contributed by atoms with E-state index >= 15 is 0 Å². The SMILES string of the molecule is Cc1csc([C@H]2C[C@H]3CN(C(=O)CCc4cncnc4)C[C@H]3O2)n1. The first-order valence-corrected chi connectivity index (χ1v) is 9.16. The fourth-order valence-electron chi connectivity index (χ4n) is 3.51. The van der Waals surface area contributed by atoms with Gasteiger partial charge in [0.25, 0.3) is 0 Å². The van der Waals surface area contributed by atoms with Gasteiger partial charge in [0, 0.05) is 48.9 Å². The Kier molecular flexibility index (Phi) is 4.28. The monoisotopic (exact) mass is 344 g/mol. The largest absolute Gasteiger partial charge is 0.366 e. The van der Waals surface area contributed by atoms with Crippen molar-refractivity contribution in [3.63, 3.8) is 0 Å². The molecule has 2 aliphatic rings. The van der Waals surface area contributed by atoms with Crippen LogP contribution in [0.3, 0.4) is 0 Å². The third-order valence-electron chi connectivity index (χ3n) is 4.74. The topological polar surface area (TPSA) is 68.2 Å². The molecule has 0 saturated carbocycles. The first-order valence-electron chi connectivity index (χ1n) is 8.28. The molecule has 1 amide bonds. The molecule has 2 aromatic rings. The molecule has 7 heteroatoms. The Morgan fingerprint density at radius 2 is 2.21 bits per heavy atom. The maximum absolute atomic E-state index is 12.4. The summed E-state index contributed by atoms with van der Waals surface area (Å²) >= 11 is 1.67. The number of aryl methyl sites for hydroxylation is 2. The van der Waals surface area contributed by atoms with Gasteiger partial charge in [0.15, 0.2) is 0 Å². The Morgan fingerprint density at radius 1 is 1.38 bits per heavy atom. The molecule has 0 spiro atoms. The van der Waals surface area contributed by atoms with E-state index in [1.165, 1.54) is 6.33 Å². The molecule has 24 heavy (non-hydrogen) atoms. The van der Waals surface area contributed by atoms with Gasteiger partial charge in [0.05, 0.1) is 6.10 Å². The van der Waals surface area contributed by atoms with Crippen LogP contribution in [0.25, 0.3) is 0 Å². The zero-order valence-corrected chi connectivity index (χ0v) is 14.4. The van der Waals surface area contributed by atoms with Gasteiger partial charge in [-0.05, 0) is 25.3 Å². The molecule has 126 valence electrons. The van der Waals surface area contributed by atoms with Crippen molar-refractivity contribution in [3.8, 4) is 0 Å². The number of rotatable bonds is 4. The summed E-state index contributed by atoms with van der Waals surface area (Å²) in [6.07, 6.45) is 7.46. The number of likely N-dealkylation sites (tertiary alicyclic amines) is 1. The molecule has 3 atom stereocenters. The highest BCUT2D eigenvalue weighted by atomic mass is 32.1. The van der Waals surface area contributed by atoms with Crippen molar-refractivity contribution < 1.29 is 9.53 Å². The lowest BCUT2D eigenvalue weighted by Crippen LogP contribution is -2.30. The van der Waals surface area contributed by atoms with E-state index in [0.29, 0.717) is 25.3 Å². The predicted octanol–water partition coefficient (Wildman–Crippen LogP) is 2.16. The van der Waals surface area contributed by atoms with Crippen LogP contribution in [0, 0.1) is 12.8 Å². The first kappa shape index (κ1) is 15.7. The van der Waals surface area contributed by atoms with Gasteiger partial charge in [-0.15, -0.1) is 11.3 Å². The molecule has 2 aromatic heterocycles. The van der Waals surface area contributed by atoms with Gasteiger partial charge in [-0.25, -0.2) is 15.0 Å². The molecule has 0 N–H and O–H groups in total. The molecule has 0 aliphatic carbocycles. The number of amides is 1. The number of ether oxygens (including phenoxy) is 1. The van der Waals surface area contributed by atoms with Crippen LogP contribution in [-0.2, 0) is 16.0 Å². The van der Waals surface area contributed by atoms with Crippen LogP contribution in [0.1, 0.15) is 35.2 Å². The highest BCUT2D eigenvalue weighted by molar-refractivity contribution is 7.09. The van der Waals surface area contributed by atoms with Crippen LogP contribution in [0.2, 0.25) is 0 Å². The molecule has 0 bridgehead atoms. The van der Waals surface area contributed by atoms with Crippen LogP contribution in [-0.4, -0.2) is 45.0 Å². The lowest BCUT2D eigenvalue weighted by Gasteiger charge is -2.18. The minimum atomic E-state index is 0.109. The maximum Gasteiger partial charge on any atom is 0.223 e. The van der Waals surface area contributed by atoms with Crippen LogP contribution in [0.4, 0.5) is 0 Å².